The molecule has 0 aliphatic carbocycles. The first-order valence-corrected chi connectivity index (χ1v) is 7.08. The molecule has 116 valence electrons. The van der Waals surface area contributed by atoms with E-state index in [-0.39, 0.29) is 12.2 Å². The second kappa shape index (κ2) is 6.53. The minimum Gasteiger partial charge on any atom is -0.322 e. The number of anilines is 1. The summed E-state index contributed by atoms with van der Waals surface area (Å²) in [4.78, 5) is 13.0. The van der Waals surface area contributed by atoms with E-state index in [4.69, 9.17) is 11.6 Å². The number of nitrogens with one attached hydrogen (secondary N) is 1. The maximum atomic E-state index is 13.5. The van der Waals surface area contributed by atoms with Crippen molar-refractivity contribution in [2.24, 2.45) is 0 Å². The second-order valence-corrected chi connectivity index (χ2v) is 5.12. The lowest BCUT2D eigenvalue weighted by Crippen LogP contribution is -2.21. The van der Waals surface area contributed by atoms with Crippen molar-refractivity contribution in [3.8, 4) is 11.4 Å². The number of halogens is 2. The van der Waals surface area contributed by atoms with Crippen LogP contribution in [0.25, 0.3) is 11.4 Å². The number of hydrogen-bond donors (Lipinski definition) is 1. The van der Waals surface area contributed by atoms with E-state index in [1.165, 1.54) is 12.1 Å². The molecule has 0 bridgehead atoms. The van der Waals surface area contributed by atoms with Crippen LogP contribution < -0.4 is 5.32 Å². The molecule has 0 saturated heterocycles. The van der Waals surface area contributed by atoms with Gasteiger partial charge in [-0.05, 0) is 29.5 Å². The van der Waals surface area contributed by atoms with Crippen LogP contribution in [-0.2, 0) is 11.3 Å². The Labute approximate surface area is 135 Å². The summed E-state index contributed by atoms with van der Waals surface area (Å²) in [6, 6.07) is 12.9. The van der Waals surface area contributed by atoms with E-state index in [0.29, 0.717) is 16.4 Å². The summed E-state index contributed by atoms with van der Waals surface area (Å²) >= 11 is 5.91. The molecule has 1 amide bonds. The lowest BCUT2D eigenvalue weighted by Gasteiger charge is -2.04. The predicted molar refractivity (Wildman–Crippen MR) is 83.3 cm³/mol. The molecule has 0 atom stereocenters. The van der Waals surface area contributed by atoms with Crippen LogP contribution in [0, 0.1) is 5.82 Å². The zero-order valence-corrected chi connectivity index (χ0v) is 12.5. The van der Waals surface area contributed by atoms with Crippen LogP contribution in [0.2, 0.25) is 5.02 Å². The van der Waals surface area contributed by atoms with Gasteiger partial charge in [0.25, 0.3) is 0 Å². The highest BCUT2D eigenvalue weighted by molar-refractivity contribution is 6.30. The maximum Gasteiger partial charge on any atom is 0.248 e. The van der Waals surface area contributed by atoms with E-state index in [1.807, 2.05) is 0 Å². The first-order valence-electron chi connectivity index (χ1n) is 6.70. The summed E-state index contributed by atoms with van der Waals surface area (Å²) in [7, 11) is 0. The number of carbonyl (C=O) groups excluding carboxylic acids is 1. The van der Waals surface area contributed by atoms with Gasteiger partial charge < -0.3 is 5.32 Å². The normalized spacial score (nSPS) is 10.5. The number of amides is 1. The largest absolute Gasteiger partial charge is 0.322 e. The number of tetrazole rings is 1. The third-order valence-electron chi connectivity index (χ3n) is 2.97. The van der Waals surface area contributed by atoms with Crippen molar-refractivity contribution in [2.75, 3.05) is 5.32 Å². The van der Waals surface area contributed by atoms with Crippen LogP contribution >= 0.6 is 11.6 Å². The SMILES string of the molecule is O=C(Cn1nnc(-c2cccc(Cl)c2)n1)Nc1ccccc1F. The predicted octanol–water partition coefficient (Wildman–Crippen LogP) is 2.77. The third kappa shape index (κ3) is 3.70. The molecule has 1 heterocycles. The van der Waals surface area contributed by atoms with Crippen molar-refractivity contribution in [2.45, 2.75) is 6.54 Å². The number of rotatable bonds is 4. The summed E-state index contributed by atoms with van der Waals surface area (Å²) in [6.07, 6.45) is 0. The Bertz CT molecular complexity index is 851. The molecule has 0 aliphatic rings. The van der Waals surface area contributed by atoms with Crippen molar-refractivity contribution >= 4 is 23.2 Å². The number of benzene rings is 2. The molecule has 3 aromatic rings. The van der Waals surface area contributed by atoms with Gasteiger partial charge in [0, 0.05) is 10.6 Å². The van der Waals surface area contributed by atoms with Crippen molar-refractivity contribution in [1.82, 2.24) is 20.2 Å². The number of hydrogen-bond acceptors (Lipinski definition) is 4. The van der Waals surface area contributed by atoms with Gasteiger partial charge in [0.2, 0.25) is 11.7 Å². The monoisotopic (exact) mass is 331 g/mol. The highest BCUT2D eigenvalue weighted by Gasteiger charge is 2.11. The number of para-hydroxylation sites is 1. The van der Waals surface area contributed by atoms with Crippen molar-refractivity contribution in [3.63, 3.8) is 0 Å². The number of carbonyl (C=O) groups is 1. The molecule has 0 fully saturated rings. The Kier molecular flexibility index (Phi) is 4.29. The molecule has 23 heavy (non-hydrogen) atoms. The molecule has 6 nitrogen and oxygen atoms in total. The maximum absolute atomic E-state index is 13.5. The van der Waals surface area contributed by atoms with Crippen molar-refractivity contribution < 1.29 is 9.18 Å². The van der Waals surface area contributed by atoms with Crippen LogP contribution in [0.1, 0.15) is 0 Å². The van der Waals surface area contributed by atoms with E-state index in [9.17, 15) is 9.18 Å². The Hall–Kier alpha value is -2.80. The summed E-state index contributed by atoms with van der Waals surface area (Å²) in [6.45, 7) is -0.179. The first-order chi connectivity index (χ1) is 11.1. The van der Waals surface area contributed by atoms with E-state index in [0.717, 1.165) is 4.80 Å². The second-order valence-electron chi connectivity index (χ2n) is 4.68. The molecule has 0 unspecified atom stereocenters. The quantitative estimate of drug-likeness (QED) is 0.798. The molecular weight excluding hydrogens is 321 g/mol. The minimum atomic E-state index is -0.507. The van der Waals surface area contributed by atoms with Gasteiger partial charge in [0.15, 0.2) is 0 Å². The fourth-order valence-electron chi connectivity index (χ4n) is 1.93. The zero-order chi connectivity index (χ0) is 16.2. The van der Waals surface area contributed by atoms with E-state index in [2.05, 4.69) is 20.7 Å². The van der Waals surface area contributed by atoms with Crippen LogP contribution in [0.5, 0.6) is 0 Å². The smallest absolute Gasteiger partial charge is 0.248 e. The van der Waals surface area contributed by atoms with Gasteiger partial charge in [-0.25, -0.2) is 4.39 Å². The average molecular weight is 332 g/mol. The van der Waals surface area contributed by atoms with Gasteiger partial charge in [0.05, 0.1) is 5.69 Å². The van der Waals surface area contributed by atoms with Crippen molar-refractivity contribution in [1.29, 1.82) is 0 Å². The fourth-order valence-corrected chi connectivity index (χ4v) is 2.12. The topological polar surface area (TPSA) is 72.7 Å². The van der Waals surface area contributed by atoms with E-state index >= 15 is 0 Å². The molecule has 8 heteroatoms. The number of aromatic nitrogens is 4. The zero-order valence-electron chi connectivity index (χ0n) is 11.8. The van der Waals surface area contributed by atoms with Gasteiger partial charge in [-0.2, -0.15) is 4.80 Å². The van der Waals surface area contributed by atoms with Gasteiger partial charge in [-0.1, -0.05) is 35.9 Å². The fraction of sp³-hybridized carbons (Fsp3) is 0.0667. The van der Waals surface area contributed by atoms with Gasteiger partial charge >= 0.3 is 0 Å². The molecule has 1 aromatic heterocycles. The Morgan fingerprint density at radius 1 is 1.22 bits per heavy atom. The summed E-state index contributed by atoms with van der Waals surface area (Å²) in [5, 5.41) is 14.8. The molecule has 0 spiro atoms. The molecule has 0 radical (unpaired) electrons. The minimum absolute atomic E-state index is 0.104. The van der Waals surface area contributed by atoms with Gasteiger partial charge in [-0.15, -0.1) is 10.2 Å². The van der Waals surface area contributed by atoms with Gasteiger partial charge in [0.1, 0.15) is 12.4 Å². The van der Waals surface area contributed by atoms with Crippen LogP contribution in [0.4, 0.5) is 10.1 Å². The summed E-state index contributed by atoms with van der Waals surface area (Å²) < 4.78 is 13.5. The van der Waals surface area contributed by atoms with Crippen LogP contribution in [0.15, 0.2) is 48.5 Å². The lowest BCUT2D eigenvalue weighted by molar-refractivity contribution is -0.117. The highest BCUT2D eigenvalue weighted by atomic mass is 35.5. The molecule has 0 aliphatic heterocycles. The molecular formula is C15H11ClFN5O. The Morgan fingerprint density at radius 2 is 2.04 bits per heavy atom. The average Bonchev–Trinajstić information content (AvgIpc) is 2.98. The summed E-state index contributed by atoms with van der Waals surface area (Å²) in [5.74, 6) is -0.608. The van der Waals surface area contributed by atoms with Crippen LogP contribution in [0.3, 0.4) is 0 Å². The summed E-state index contributed by atoms with van der Waals surface area (Å²) in [5.41, 5.74) is 0.797. The van der Waals surface area contributed by atoms with Crippen molar-refractivity contribution in [3.05, 3.63) is 59.4 Å². The van der Waals surface area contributed by atoms with Gasteiger partial charge in [-0.3, -0.25) is 4.79 Å². The molecule has 3 rings (SSSR count). The Balaban J connectivity index is 1.69. The van der Waals surface area contributed by atoms with Crippen LogP contribution in [-0.4, -0.2) is 26.1 Å². The number of nitrogens with zero attached hydrogens (tertiary/aromatic N) is 4. The molecule has 2 aromatic carbocycles. The van der Waals surface area contributed by atoms with E-state index in [1.54, 1.807) is 36.4 Å². The third-order valence-corrected chi connectivity index (χ3v) is 3.20. The first kappa shape index (κ1) is 15.1. The molecule has 1 N–H and O–H groups in total. The lowest BCUT2D eigenvalue weighted by atomic mass is 10.2. The standard InChI is InChI=1S/C15H11ClFN5O/c16-11-5-3-4-10(8-11)15-19-21-22(20-15)9-14(23)18-13-7-2-1-6-12(13)17/h1-8H,9H2,(H,18,23). The highest BCUT2D eigenvalue weighted by Crippen LogP contribution is 2.18. The molecule has 0 saturated carbocycles. The van der Waals surface area contributed by atoms with E-state index < -0.39 is 11.7 Å². The Morgan fingerprint density at radius 3 is 2.83 bits per heavy atom.